The standard InChI is InChI=1S/C48H92NO8P/c1-6-8-10-12-14-16-18-20-22-23-24-25-27-28-30-32-34-36-38-40-47(50)54-44-46(45-56-58(52,53)55-43-42-49(3,4)5)57-48(51)41-39-37-35-33-31-29-26-21-19-17-15-13-11-9-7-2/h17,19-20,22,46H,6-16,18,21,23-45H2,1-5H3/p+1/b19-17-,22-20-/t46-/m1/s1. The van der Waals surface area contributed by atoms with Crippen molar-refractivity contribution in [3.8, 4) is 0 Å². The molecule has 0 aliphatic rings. The van der Waals surface area contributed by atoms with E-state index in [2.05, 4.69) is 38.2 Å². The normalized spacial score (nSPS) is 13.7. The van der Waals surface area contributed by atoms with Crippen LogP contribution in [0.25, 0.3) is 0 Å². The van der Waals surface area contributed by atoms with Crippen molar-refractivity contribution in [1.82, 2.24) is 0 Å². The largest absolute Gasteiger partial charge is 0.472 e. The number of nitrogens with zero attached hydrogens (tertiary/aromatic N) is 1. The molecule has 0 aliphatic heterocycles. The van der Waals surface area contributed by atoms with Crippen molar-refractivity contribution in [3.63, 3.8) is 0 Å². The van der Waals surface area contributed by atoms with Gasteiger partial charge in [0, 0.05) is 12.8 Å². The number of phosphoric ester groups is 1. The van der Waals surface area contributed by atoms with E-state index in [1.165, 1.54) is 141 Å². The molecule has 58 heavy (non-hydrogen) atoms. The quantitative estimate of drug-likeness (QED) is 0.0212. The van der Waals surface area contributed by atoms with Gasteiger partial charge in [-0.1, -0.05) is 167 Å². The number of phosphoric acid groups is 1. The van der Waals surface area contributed by atoms with E-state index >= 15 is 0 Å². The molecule has 0 heterocycles. The van der Waals surface area contributed by atoms with Crippen LogP contribution in [0.4, 0.5) is 0 Å². The Hall–Kier alpha value is -1.51. The molecule has 0 aromatic heterocycles. The SMILES string of the molecule is CCCCCC/C=C\CCCCCCCCCC(=O)O[C@H](COC(=O)CCCCCCCCCCC/C=C\CCCCCCCC)COP(=O)(O)OCC[N+](C)(C)C. The summed E-state index contributed by atoms with van der Waals surface area (Å²) in [6.45, 7) is 4.42. The van der Waals surface area contributed by atoms with Crippen molar-refractivity contribution in [1.29, 1.82) is 0 Å². The zero-order valence-corrected chi connectivity index (χ0v) is 39.4. The summed E-state index contributed by atoms with van der Waals surface area (Å²) < 4.78 is 34.4. The molecule has 0 aromatic carbocycles. The number of quaternary nitrogens is 1. The zero-order valence-electron chi connectivity index (χ0n) is 38.5. The summed E-state index contributed by atoms with van der Waals surface area (Å²) in [4.78, 5) is 35.4. The predicted molar refractivity (Wildman–Crippen MR) is 243 cm³/mol. The highest BCUT2D eigenvalue weighted by molar-refractivity contribution is 7.47. The Labute approximate surface area is 358 Å². The second-order valence-corrected chi connectivity index (χ2v) is 18.9. The number of ether oxygens (including phenoxy) is 2. The molecule has 9 nitrogen and oxygen atoms in total. The van der Waals surface area contributed by atoms with Crippen LogP contribution in [-0.2, 0) is 32.7 Å². The molecular weight excluding hydrogens is 750 g/mol. The third kappa shape index (κ3) is 44.1. The summed E-state index contributed by atoms with van der Waals surface area (Å²) in [5.41, 5.74) is 0. The first-order valence-corrected chi connectivity index (χ1v) is 25.6. The fraction of sp³-hybridized carbons (Fsp3) is 0.875. The van der Waals surface area contributed by atoms with Crippen molar-refractivity contribution < 1.29 is 42.1 Å². The number of esters is 2. The molecule has 0 radical (unpaired) electrons. The third-order valence-electron chi connectivity index (χ3n) is 10.5. The minimum Gasteiger partial charge on any atom is -0.462 e. The van der Waals surface area contributed by atoms with Crippen LogP contribution in [0.2, 0.25) is 0 Å². The minimum atomic E-state index is -4.38. The van der Waals surface area contributed by atoms with Crippen LogP contribution >= 0.6 is 7.82 Å². The van der Waals surface area contributed by atoms with E-state index in [4.69, 9.17) is 18.5 Å². The minimum absolute atomic E-state index is 0.0320. The Morgan fingerprint density at radius 3 is 1.29 bits per heavy atom. The maximum atomic E-state index is 12.7. The van der Waals surface area contributed by atoms with E-state index < -0.39 is 26.5 Å². The highest BCUT2D eigenvalue weighted by Crippen LogP contribution is 2.43. The van der Waals surface area contributed by atoms with Gasteiger partial charge in [0.05, 0.1) is 27.7 Å². The van der Waals surface area contributed by atoms with Crippen LogP contribution in [0, 0.1) is 0 Å². The molecule has 10 heteroatoms. The summed E-state index contributed by atoms with van der Waals surface area (Å²) in [5, 5.41) is 0. The number of unbranched alkanes of at least 4 members (excludes halogenated alkanes) is 26. The first-order valence-electron chi connectivity index (χ1n) is 24.1. The fourth-order valence-corrected chi connectivity index (χ4v) is 7.39. The van der Waals surface area contributed by atoms with Gasteiger partial charge in [0.15, 0.2) is 6.10 Å². The van der Waals surface area contributed by atoms with Crippen LogP contribution in [0.15, 0.2) is 24.3 Å². The van der Waals surface area contributed by atoms with Gasteiger partial charge in [-0.2, -0.15) is 0 Å². The van der Waals surface area contributed by atoms with Gasteiger partial charge in [0.1, 0.15) is 19.8 Å². The summed E-state index contributed by atoms with van der Waals surface area (Å²) in [7, 11) is 1.48. The van der Waals surface area contributed by atoms with Crippen molar-refractivity contribution in [2.45, 2.75) is 225 Å². The lowest BCUT2D eigenvalue weighted by Crippen LogP contribution is -2.37. The second kappa shape index (κ2) is 40.9. The maximum absolute atomic E-state index is 12.7. The molecule has 2 atom stereocenters. The number of carbonyl (C=O) groups is 2. The van der Waals surface area contributed by atoms with Crippen molar-refractivity contribution in [2.75, 3.05) is 47.5 Å². The monoisotopic (exact) mass is 843 g/mol. The molecule has 1 unspecified atom stereocenters. The van der Waals surface area contributed by atoms with Gasteiger partial charge in [-0.25, -0.2) is 4.57 Å². The molecule has 0 amide bonds. The molecule has 0 aliphatic carbocycles. The van der Waals surface area contributed by atoms with E-state index in [0.717, 1.165) is 44.9 Å². The van der Waals surface area contributed by atoms with E-state index in [0.29, 0.717) is 17.4 Å². The van der Waals surface area contributed by atoms with Crippen LogP contribution < -0.4 is 0 Å². The van der Waals surface area contributed by atoms with Gasteiger partial charge < -0.3 is 18.9 Å². The average molecular weight is 843 g/mol. The summed E-state index contributed by atoms with van der Waals surface area (Å²) in [5.74, 6) is -0.799. The van der Waals surface area contributed by atoms with E-state index in [1.807, 2.05) is 21.1 Å². The summed E-state index contributed by atoms with van der Waals surface area (Å²) >= 11 is 0. The number of carbonyl (C=O) groups excluding carboxylic acids is 2. The molecule has 0 saturated carbocycles. The van der Waals surface area contributed by atoms with E-state index in [1.54, 1.807) is 0 Å². The molecule has 0 fully saturated rings. The highest BCUT2D eigenvalue weighted by atomic mass is 31.2. The summed E-state index contributed by atoms with van der Waals surface area (Å²) in [6.07, 6.45) is 45.0. The third-order valence-corrected chi connectivity index (χ3v) is 11.4. The Morgan fingerprint density at radius 1 is 0.517 bits per heavy atom. The molecular formula is C48H93NO8P+. The van der Waals surface area contributed by atoms with Gasteiger partial charge >= 0.3 is 19.8 Å². The smallest absolute Gasteiger partial charge is 0.462 e. The zero-order chi connectivity index (χ0) is 42.8. The molecule has 0 rings (SSSR count). The number of allylic oxidation sites excluding steroid dienone is 4. The number of rotatable bonds is 44. The van der Waals surface area contributed by atoms with Gasteiger partial charge in [0.25, 0.3) is 0 Å². The number of likely N-dealkylation sites (N-methyl/N-ethyl adjacent to an activating group) is 1. The van der Waals surface area contributed by atoms with Gasteiger partial charge in [-0.15, -0.1) is 0 Å². The maximum Gasteiger partial charge on any atom is 0.472 e. The highest BCUT2D eigenvalue weighted by Gasteiger charge is 2.27. The van der Waals surface area contributed by atoms with E-state index in [9.17, 15) is 19.0 Å². The van der Waals surface area contributed by atoms with Crippen molar-refractivity contribution in [2.24, 2.45) is 0 Å². The van der Waals surface area contributed by atoms with Gasteiger partial charge in [-0.3, -0.25) is 18.6 Å². The lowest BCUT2D eigenvalue weighted by molar-refractivity contribution is -0.870. The Balaban J connectivity index is 4.28. The molecule has 0 saturated heterocycles. The molecule has 1 N–H and O–H groups in total. The number of hydrogen-bond donors (Lipinski definition) is 1. The van der Waals surface area contributed by atoms with Crippen LogP contribution in [-0.4, -0.2) is 74.9 Å². The molecule has 0 aromatic rings. The lowest BCUT2D eigenvalue weighted by Gasteiger charge is -2.24. The fourth-order valence-electron chi connectivity index (χ4n) is 6.65. The van der Waals surface area contributed by atoms with Crippen LogP contribution in [0.3, 0.4) is 0 Å². The Kier molecular flexibility index (Phi) is 39.8. The van der Waals surface area contributed by atoms with Gasteiger partial charge in [0.2, 0.25) is 0 Å². The van der Waals surface area contributed by atoms with Crippen molar-refractivity contribution in [3.05, 3.63) is 24.3 Å². The second-order valence-electron chi connectivity index (χ2n) is 17.5. The number of hydrogen-bond acceptors (Lipinski definition) is 7. The lowest BCUT2D eigenvalue weighted by atomic mass is 10.1. The molecule has 342 valence electrons. The van der Waals surface area contributed by atoms with E-state index in [-0.39, 0.29) is 32.0 Å². The first-order chi connectivity index (χ1) is 28.0. The average Bonchev–Trinajstić information content (AvgIpc) is 3.17. The first kappa shape index (κ1) is 56.5. The Morgan fingerprint density at radius 2 is 0.879 bits per heavy atom. The Bertz CT molecular complexity index is 1040. The van der Waals surface area contributed by atoms with Gasteiger partial charge in [-0.05, 0) is 64.2 Å². The van der Waals surface area contributed by atoms with Crippen molar-refractivity contribution >= 4 is 19.8 Å². The topological polar surface area (TPSA) is 108 Å². The summed E-state index contributed by atoms with van der Waals surface area (Å²) in [6, 6.07) is 0. The predicted octanol–water partition coefficient (Wildman–Crippen LogP) is 13.9. The molecule has 0 spiro atoms. The van der Waals surface area contributed by atoms with Crippen LogP contribution in [0.1, 0.15) is 219 Å². The molecule has 0 bridgehead atoms. The van der Waals surface area contributed by atoms with Crippen LogP contribution in [0.5, 0.6) is 0 Å².